The number of rotatable bonds is 10. The first kappa shape index (κ1) is 30.3. The minimum absolute atomic E-state index is 0.0118. The van der Waals surface area contributed by atoms with E-state index in [9.17, 15) is 14.4 Å². The molecule has 1 N–H and O–H groups in total. The molecule has 0 saturated carbocycles. The third kappa shape index (κ3) is 6.91. The van der Waals surface area contributed by atoms with Gasteiger partial charge in [0, 0.05) is 19.2 Å². The molecule has 1 aromatic carbocycles. The number of nitrogens with zero attached hydrogens (tertiary/aromatic N) is 3. The Labute approximate surface area is 250 Å². The zero-order chi connectivity index (χ0) is 30.3. The number of benzene rings is 1. The molecule has 5 rings (SSSR count). The molecular weight excluding hydrogens is 558 g/mol. The molecule has 2 unspecified atom stereocenters. The second kappa shape index (κ2) is 13.9. The first-order chi connectivity index (χ1) is 20.9. The molecule has 0 radical (unpaired) electrons. The van der Waals surface area contributed by atoms with E-state index in [1.54, 1.807) is 35.2 Å². The van der Waals surface area contributed by atoms with Crippen LogP contribution >= 0.6 is 0 Å². The lowest BCUT2D eigenvalue weighted by Gasteiger charge is -2.42. The maximum atomic E-state index is 14.1. The number of methoxy groups -OCH3 is 1. The van der Waals surface area contributed by atoms with Crippen LogP contribution in [0.1, 0.15) is 60.3 Å². The normalized spacial score (nSPS) is 21.7. The largest absolute Gasteiger partial charge is 0.493 e. The Bertz CT molecular complexity index is 1340. The van der Waals surface area contributed by atoms with E-state index in [-0.39, 0.29) is 48.3 Å². The number of carbonyl (C=O) groups excluding carboxylic acids is 2. The summed E-state index contributed by atoms with van der Waals surface area (Å²) in [6, 6.07) is 7.78. The molecule has 0 spiro atoms. The molecule has 2 amide bonds. The molecular formula is C31H37N3O9. The van der Waals surface area contributed by atoms with Gasteiger partial charge in [-0.05, 0) is 56.7 Å². The quantitative estimate of drug-likeness (QED) is 0.396. The van der Waals surface area contributed by atoms with Crippen molar-refractivity contribution in [1.29, 1.82) is 0 Å². The van der Waals surface area contributed by atoms with Crippen molar-refractivity contribution in [2.45, 2.75) is 70.1 Å². The van der Waals surface area contributed by atoms with Crippen molar-refractivity contribution < 1.29 is 43.2 Å². The van der Waals surface area contributed by atoms with Crippen LogP contribution in [-0.4, -0.2) is 78.4 Å². The summed E-state index contributed by atoms with van der Waals surface area (Å²) in [5.41, 5.74) is 1.41. The fraction of sp³-hybridized carbons (Fsp3) is 0.484. The monoisotopic (exact) mass is 595 g/mol. The Kier molecular flexibility index (Phi) is 9.78. The van der Waals surface area contributed by atoms with Gasteiger partial charge in [0.25, 0.3) is 5.91 Å². The third-order valence-electron chi connectivity index (χ3n) is 7.69. The van der Waals surface area contributed by atoms with Gasteiger partial charge in [0.05, 0.1) is 42.2 Å². The summed E-state index contributed by atoms with van der Waals surface area (Å²) < 4.78 is 29.7. The van der Waals surface area contributed by atoms with E-state index in [0.717, 1.165) is 25.7 Å². The number of aromatic nitrogens is 1. The van der Waals surface area contributed by atoms with Crippen LogP contribution in [0.5, 0.6) is 11.5 Å². The summed E-state index contributed by atoms with van der Waals surface area (Å²) in [5, 5.41) is 9.13. The van der Waals surface area contributed by atoms with Gasteiger partial charge in [-0.1, -0.05) is 18.7 Å². The molecule has 3 aliphatic rings. The molecule has 2 fully saturated rings. The van der Waals surface area contributed by atoms with Gasteiger partial charge >= 0.3 is 12.1 Å². The van der Waals surface area contributed by atoms with E-state index >= 15 is 0 Å². The van der Waals surface area contributed by atoms with E-state index in [2.05, 4.69) is 11.6 Å². The smallest absolute Gasteiger partial charge is 0.416 e. The van der Waals surface area contributed by atoms with Crippen molar-refractivity contribution in [3.63, 3.8) is 0 Å². The van der Waals surface area contributed by atoms with Gasteiger partial charge < -0.3 is 33.7 Å². The predicted octanol–water partition coefficient (Wildman–Crippen LogP) is 4.30. The van der Waals surface area contributed by atoms with Gasteiger partial charge in [-0.3, -0.25) is 14.6 Å². The Balaban J connectivity index is 1.55. The second-order valence-electron chi connectivity index (χ2n) is 10.6. The maximum absolute atomic E-state index is 14.1. The maximum Gasteiger partial charge on any atom is 0.416 e. The molecule has 1 aromatic heterocycles. The fourth-order valence-electron chi connectivity index (χ4n) is 5.70. The highest BCUT2D eigenvalue weighted by Crippen LogP contribution is 2.42. The average Bonchev–Trinajstić information content (AvgIpc) is 3.11. The highest BCUT2D eigenvalue weighted by atomic mass is 16.7. The standard InChI is InChI=1S/C31H37N3O9/c1-3-14-41-31(38)34-24-18-26(42-19-21-10-8-9-20(32-21)16-27(35)36)25(39-2)17-22(24)29(37)33-13-6-4-11-23(33)30(34)43-28-12-5-7-15-40-28/h3,8-10,17-18,23,28,30H,1,4-7,11-16,19H2,2H3,(H,35,36)/t23-,28?,30?/m0/s1. The van der Waals surface area contributed by atoms with Crippen LogP contribution in [0, 0.1) is 0 Å². The minimum Gasteiger partial charge on any atom is -0.493 e. The van der Waals surface area contributed by atoms with Crippen LogP contribution in [0.15, 0.2) is 43.0 Å². The molecule has 2 aromatic rings. The van der Waals surface area contributed by atoms with E-state index in [1.807, 2.05) is 0 Å². The zero-order valence-electron chi connectivity index (χ0n) is 24.2. The summed E-state index contributed by atoms with van der Waals surface area (Å²) >= 11 is 0. The predicted molar refractivity (Wildman–Crippen MR) is 154 cm³/mol. The number of piperidine rings is 1. The Hall–Kier alpha value is -4.16. The van der Waals surface area contributed by atoms with E-state index in [4.69, 9.17) is 28.8 Å². The molecule has 3 atom stereocenters. The number of pyridine rings is 1. The molecule has 0 bridgehead atoms. The fourth-order valence-corrected chi connectivity index (χ4v) is 5.70. The highest BCUT2D eigenvalue weighted by molar-refractivity contribution is 6.06. The number of ether oxygens (including phenoxy) is 5. The summed E-state index contributed by atoms with van der Waals surface area (Å²) in [6.07, 6.45) is 4.03. The lowest BCUT2D eigenvalue weighted by molar-refractivity contribution is -0.198. The number of aliphatic carboxylic acids is 1. The topological polar surface area (TPSA) is 137 Å². The molecule has 3 aliphatic heterocycles. The van der Waals surface area contributed by atoms with Crippen LogP contribution in [-0.2, 0) is 32.0 Å². The van der Waals surface area contributed by atoms with Gasteiger partial charge in [-0.15, -0.1) is 0 Å². The third-order valence-corrected chi connectivity index (χ3v) is 7.69. The van der Waals surface area contributed by atoms with Gasteiger partial charge in [-0.2, -0.15) is 0 Å². The van der Waals surface area contributed by atoms with Gasteiger partial charge in [0.2, 0.25) is 0 Å². The number of fused-ring (bicyclic) bond motifs is 2. The summed E-state index contributed by atoms with van der Waals surface area (Å²) in [5.74, 6) is -0.687. The molecule has 2 saturated heterocycles. The lowest BCUT2D eigenvalue weighted by atomic mass is 10.00. The Morgan fingerprint density at radius 2 is 1.95 bits per heavy atom. The van der Waals surface area contributed by atoms with Crippen molar-refractivity contribution in [2.24, 2.45) is 0 Å². The van der Waals surface area contributed by atoms with Gasteiger partial charge in [0.1, 0.15) is 13.2 Å². The SMILES string of the molecule is C=CCOC(=O)N1c2cc(OCc3cccc(CC(=O)O)n3)c(OC)cc2C(=O)N2CCCC[C@H]2C1OC1CCCCO1. The summed E-state index contributed by atoms with van der Waals surface area (Å²) in [4.78, 5) is 46.5. The van der Waals surface area contributed by atoms with E-state index in [1.165, 1.54) is 18.1 Å². The first-order valence-corrected chi connectivity index (χ1v) is 14.6. The van der Waals surface area contributed by atoms with Crippen LogP contribution < -0.4 is 14.4 Å². The van der Waals surface area contributed by atoms with Gasteiger partial charge in [-0.25, -0.2) is 9.69 Å². The Morgan fingerprint density at radius 3 is 2.70 bits per heavy atom. The number of hydrogen-bond donors (Lipinski definition) is 1. The summed E-state index contributed by atoms with van der Waals surface area (Å²) in [6.45, 7) is 4.69. The van der Waals surface area contributed by atoms with Crippen molar-refractivity contribution in [2.75, 3.05) is 31.8 Å². The zero-order valence-corrected chi connectivity index (χ0v) is 24.2. The molecule has 4 heterocycles. The van der Waals surface area contributed by atoms with E-state index in [0.29, 0.717) is 37.4 Å². The van der Waals surface area contributed by atoms with Crippen LogP contribution in [0.4, 0.5) is 10.5 Å². The number of carboxylic acid groups (broad SMARTS) is 1. The summed E-state index contributed by atoms with van der Waals surface area (Å²) in [7, 11) is 1.47. The molecule has 12 heteroatoms. The van der Waals surface area contributed by atoms with Crippen LogP contribution in [0.25, 0.3) is 0 Å². The number of anilines is 1. The van der Waals surface area contributed by atoms with Crippen LogP contribution in [0.3, 0.4) is 0 Å². The second-order valence-corrected chi connectivity index (χ2v) is 10.6. The number of hydrogen-bond acceptors (Lipinski definition) is 9. The van der Waals surface area contributed by atoms with E-state index < -0.39 is 30.6 Å². The molecule has 12 nitrogen and oxygen atoms in total. The first-order valence-electron chi connectivity index (χ1n) is 14.6. The van der Waals surface area contributed by atoms with Crippen molar-refractivity contribution in [3.8, 4) is 11.5 Å². The average molecular weight is 596 g/mol. The molecule has 43 heavy (non-hydrogen) atoms. The molecule has 230 valence electrons. The number of carbonyl (C=O) groups is 3. The number of carboxylic acids is 1. The van der Waals surface area contributed by atoms with Gasteiger partial charge in [0.15, 0.2) is 24.0 Å². The van der Waals surface area contributed by atoms with Crippen LogP contribution in [0.2, 0.25) is 0 Å². The Morgan fingerprint density at radius 1 is 1.14 bits per heavy atom. The minimum atomic E-state index is -0.988. The number of amides is 2. The molecule has 0 aliphatic carbocycles. The van der Waals surface area contributed by atoms with Crippen molar-refractivity contribution >= 4 is 23.7 Å². The van der Waals surface area contributed by atoms with Crippen molar-refractivity contribution in [1.82, 2.24) is 9.88 Å². The van der Waals surface area contributed by atoms with Crippen molar-refractivity contribution in [3.05, 3.63) is 59.9 Å². The lowest BCUT2D eigenvalue weighted by Crippen LogP contribution is -2.57. The highest BCUT2D eigenvalue weighted by Gasteiger charge is 2.46.